The lowest BCUT2D eigenvalue weighted by molar-refractivity contribution is 0.345. The van der Waals surface area contributed by atoms with Crippen molar-refractivity contribution in [2.45, 2.75) is 4.90 Å². The largest absolute Gasteiger partial charge is 0.478 e. The fourth-order valence-electron chi connectivity index (χ4n) is 1.34. The Morgan fingerprint density at radius 3 is 2.60 bits per heavy atom. The molecule has 5 heteroatoms. The number of aliphatic imine (C=N–C) groups is 1. The lowest BCUT2D eigenvalue weighted by Crippen LogP contribution is -2.16. The molecule has 0 unspecified atom stereocenters. The lowest BCUT2D eigenvalue weighted by atomic mass is 10.4. The van der Waals surface area contributed by atoms with Crippen molar-refractivity contribution in [3.63, 3.8) is 0 Å². The van der Waals surface area contributed by atoms with Crippen LogP contribution in [0.25, 0.3) is 0 Å². The average molecular weight is 225 g/mol. The van der Waals surface area contributed by atoms with E-state index in [1.807, 2.05) is 0 Å². The van der Waals surface area contributed by atoms with Crippen LogP contribution in [0, 0.1) is 0 Å². The summed E-state index contributed by atoms with van der Waals surface area (Å²) in [6.07, 6.45) is 0. The molecule has 1 heterocycles. The van der Waals surface area contributed by atoms with Crippen molar-refractivity contribution >= 4 is 15.7 Å². The third-order valence-corrected chi connectivity index (χ3v) is 3.68. The molecule has 4 nitrogen and oxygen atoms in total. The Bertz CT molecular complexity index is 465. The SMILES string of the molecule is O=S(=O)(CC1=NCCO1)c1ccccc1. The third kappa shape index (κ3) is 2.36. The maximum absolute atomic E-state index is 11.8. The molecule has 0 atom stereocenters. The predicted molar refractivity (Wildman–Crippen MR) is 56.7 cm³/mol. The maximum Gasteiger partial charge on any atom is 0.199 e. The molecule has 80 valence electrons. The minimum Gasteiger partial charge on any atom is -0.478 e. The van der Waals surface area contributed by atoms with E-state index in [4.69, 9.17) is 4.74 Å². The minimum atomic E-state index is -3.30. The van der Waals surface area contributed by atoms with Crippen molar-refractivity contribution < 1.29 is 13.2 Å². The van der Waals surface area contributed by atoms with E-state index in [2.05, 4.69) is 4.99 Å². The highest BCUT2D eigenvalue weighted by Gasteiger charge is 2.20. The van der Waals surface area contributed by atoms with Crippen LogP contribution in [0.2, 0.25) is 0 Å². The zero-order chi connectivity index (χ0) is 10.7. The zero-order valence-electron chi connectivity index (χ0n) is 8.09. The summed E-state index contributed by atoms with van der Waals surface area (Å²) in [6.45, 7) is 1.04. The van der Waals surface area contributed by atoms with Crippen molar-refractivity contribution in [2.24, 2.45) is 4.99 Å². The van der Waals surface area contributed by atoms with Gasteiger partial charge in [0.2, 0.25) is 0 Å². The number of ether oxygens (including phenoxy) is 1. The Morgan fingerprint density at radius 2 is 2.00 bits per heavy atom. The minimum absolute atomic E-state index is 0.142. The quantitative estimate of drug-likeness (QED) is 0.767. The van der Waals surface area contributed by atoms with Crippen LogP contribution in [0.4, 0.5) is 0 Å². The first-order valence-corrected chi connectivity index (χ1v) is 6.28. The molecule has 0 spiro atoms. The molecule has 1 aromatic carbocycles. The molecule has 0 aliphatic carbocycles. The topological polar surface area (TPSA) is 55.7 Å². The first kappa shape index (κ1) is 10.2. The first-order chi connectivity index (χ1) is 7.18. The van der Waals surface area contributed by atoms with E-state index in [-0.39, 0.29) is 5.75 Å². The summed E-state index contributed by atoms with van der Waals surface area (Å²) in [5.41, 5.74) is 0. The van der Waals surface area contributed by atoms with Gasteiger partial charge in [-0.25, -0.2) is 8.42 Å². The molecule has 0 N–H and O–H groups in total. The van der Waals surface area contributed by atoms with Gasteiger partial charge in [0, 0.05) is 0 Å². The third-order valence-electron chi connectivity index (χ3n) is 2.06. The molecule has 0 radical (unpaired) electrons. The van der Waals surface area contributed by atoms with Gasteiger partial charge in [-0.2, -0.15) is 0 Å². The molecular formula is C10H11NO3S. The Labute approximate surface area is 88.5 Å². The van der Waals surface area contributed by atoms with Crippen molar-refractivity contribution in [1.82, 2.24) is 0 Å². The van der Waals surface area contributed by atoms with Crippen LogP contribution in [0.15, 0.2) is 40.2 Å². The van der Waals surface area contributed by atoms with Crippen molar-refractivity contribution in [3.05, 3.63) is 30.3 Å². The van der Waals surface area contributed by atoms with Gasteiger partial charge in [0.1, 0.15) is 12.4 Å². The van der Waals surface area contributed by atoms with Gasteiger partial charge in [-0.15, -0.1) is 0 Å². The Morgan fingerprint density at radius 1 is 1.27 bits per heavy atom. The summed E-state index contributed by atoms with van der Waals surface area (Å²) >= 11 is 0. The van der Waals surface area contributed by atoms with E-state index in [9.17, 15) is 8.42 Å². The standard InChI is InChI=1S/C10H11NO3S/c12-15(13,8-10-11-6-7-14-10)9-4-2-1-3-5-9/h1-5H,6-8H2. The number of hydrogen-bond acceptors (Lipinski definition) is 4. The summed E-state index contributed by atoms with van der Waals surface area (Å²) < 4.78 is 28.7. The van der Waals surface area contributed by atoms with E-state index >= 15 is 0 Å². The monoisotopic (exact) mass is 225 g/mol. The first-order valence-electron chi connectivity index (χ1n) is 4.62. The Kier molecular flexibility index (Phi) is 2.73. The van der Waals surface area contributed by atoms with Gasteiger partial charge in [0.25, 0.3) is 0 Å². The van der Waals surface area contributed by atoms with E-state index in [1.54, 1.807) is 30.3 Å². The summed E-state index contributed by atoms with van der Waals surface area (Å²) in [6, 6.07) is 8.33. The number of nitrogens with zero attached hydrogens (tertiary/aromatic N) is 1. The highest BCUT2D eigenvalue weighted by atomic mass is 32.2. The fourth-order valence-corrected chi connectivity index (χ4v) is 2.58. The van der Waals surface area contributed by atoms with Crippen LogP contribution in [0.1, 0.15) is 0 Å². The Hall–Kier alpha value is -1.36. The van der Waals surface area contributed by atoms with Crippen LogP contribution < -0.4 is 0 Å². The van der Waals surface area contributed by atoms with Crippen LogP contribution in [-0.4, -0.2) is 33.2 Å². The average Bonchev–Trinajstić information content (AvgIpc) is 2.71. The lowest BCUT2D eigenvalue weighted by Gasteiger charge is -2.03. The van der Waals surface area contributed by atoms with Gasteiger partial charge in [-0.1, -0.05) is 18.2 Å². The van der Waals surface area contributed by atoms with Gasteiger partial charge < -0.3 is 4.74 Å². The summed E-state index contributed by atoms with van der Waals surface area (Å²) in [7, 11) is -3.30. The zero-order valence-corrected chi connectivity index (χ0v) is 8.90. The van der Waals surface area contributed by atoms with Gasteiger partial charge in [-0.05, 0) is 12.1 Å². The second-order valence-corrected chi connectivity index (χ2v) is 5.19. The molecule has 15 heavy (non-hydrogen) atoms. The Balaban J connectivity index is 2.21. The fraction of sp³-hybridized carbons (Fsp3) is 0.300. The normalized spacial score (nSPS) is 15.9. The van der Waals surface area contributed by atoms with Gasteiger partial charge in [0.15, 0.2) is 15.7 Å². The van der Waals surface area contributed by atoms with Gasteiger partial charge in [0.05, 0.1) is 11.4 Å². The number of sulfone groups is 1. The second kappa shape index (κ2) is 4.02. The van der Waals surface area contributed by atoms with E-state index < -0.39 is 9.84 Å². The molecule has 0 amide bonds. The van der Waals surface area contributed by atoms with Crippen molar-refractivity contribution in [1.29, 1.82) is 0 Å². The summed E-state index contributed by atoms with van der Waals surface area (Å²) in [4.78, 5) is 4.27. The molecule has 0 saturated carbocycles. The number of rotatable bonds is 3. The summed E-state index contributed by atoms with van der Waals surface area (Å²) in [5, 5.41) is 0. The number of benzene rings is 1. The van der Waals surface area contributed by atoms with E-state index in [0.717, 1.165) is 0 Å². The molecule has 0 bridgehead atoms. The second-order valence-electron chi connectivity index (χ2n) is 3.20. The van der Waals surface area contributed by atoms with Crippen LogP contribution in [0.3, 0.4) is 0 Å². The molecule has 1 aliphatic heterocycles. The molecule has 0 aromatic heterocycles. The van der Waals surface area contributed by atoms with E-state index in [1.165, 1.54) is 0 Å². The molecular weight excluding hydrogens is 214 g/mol. The highest BCUT2D eigenvalue weighted by molar-refractivity contribution is 7.92. The smallest absolute Gasteiger partial charge is 0.199 e. The summed E-state index contributed by atoms with van der Waals surface area (Å²) in [5.74, 6) is 0.177. The highest BCUT2D eigenvalue weighted by Crippen LogP contribution is 2.11. The molecule has 1 aliphatic rings. The van der Waals surface area contributed by atoms with Crippen LogP contribution in [0.5, 0.6) is 0 Å². The van der Waals surface area contributed by atoms with Crippen LogP contribution >= 0.6 is 0 Å². The van der Waals surface area contributed by atoms with Gasteiger partial charge >= 0.3 is 0 Å². The molecule has 0 saturated heterocycles. The van der Waals surface area contributed by atoms with Crippen LogP contribution in [-0.2, 0) is 14.6 Å². The molecule has 2 rings (SSSR count). The van der Waals surface area contributed by atoms with E-state index in [0.29, 0.717) is 23.9 Å². The number of hydrogen-bond donors (Lipinski definition) is 0. The molecule has 1 aromatic rings. The predicted octanol–water partition coefficient (Wildman–Crippen LogP) is 0.889. The molecule has 0 fully saturated rings. The van der Waals surface area contributed by atoms with Gasteiger partial charge in [-0.3, -0.25) is 4.99 Å². The maximum atomic E-state index is 11.8. The van der Waals surface area contributed by atoms with Crippen molar-refractivity contribution in [3.8, 4) is 0 Å². The van der Waals surface area contributed by atoms with Crippen molar-refractivity contribution in [2.75, 3.05) is 18.9 Å².